The van der Waals surface area contributed by atoms with E-state index in [1.807, 2.05) is 0 Å². The predicted molar refractivity (Wildman–Crippen MR) is 197 cm³/mol. The van der Waals surface area contributed by atoms with E-state index in [2.05, 4.69) is 30.8 Å². The van der Waals surface area contributed by atoms with Gasteiger partial charge in [-0.05, 0) is 67.9 Å². The Morgan fingerprint density at radius 1 is 1.11 bits per heavy atom. The van der Waals surface area contributed by atoms with Crippen LogP contribution in [0.4, 0.5) is 23.4 Å². The summed E-state index contributed by atoms with van der Waals surface area (Å²) in [5.41, 5.74) is -0.0537. The Hall–Kier alpha value is -5.81. The van der Waals surface area contributed by atoms with Crippen molar-refractivity contribution in [3.63, 3.8) is 0 Å². The lowest BCUT2D eigenvalue weighted by Gasteiger charge is -2.27. The Labute approximate surface area is 309 Å². The predicted octanol–water partition coefficient (Wildman–Crippen LogP) is 6.45. The molecule has 0 aliphatic carbocycles. The number of likely N-dealkylation sites (tertiary alicyclic amines) is 1. The van der Waals surface area contributed by atoms with Crippen LogP contribution in [-0.2, 0) is 4.79 Å². The molecule has 2 unspecified atom stereocenters. The number of carbonyl (C=O) groups is 1. The van der Waals surface area contributed by atoms with Crippen molar-refractivity contribution in [3.8, 4) is 35.4 Å². The van der Waals surface area contributed by atoms with E-state index in [4.69, 9.17) is 11.2 Å². The Bertz CT molecular complexity index is 2290. The van der Waals surface area contributed by atoms with E-state index >= 15 is 4.39 Å². The number of hydrogen-bond donors (Lipinski definition) is 1. The second-order valence-electron chi connectivity index (χ2n) is 13.6. The quantitative estimate of drug-likeness (QED) is 0.119. The van der Waals surface area contributed by atoms with Crippen LogP contribution in [0, 0.1) is 24.0 Å². The molecule has 5 aromatic rings. The zero-order chi connectivity index (χ0) is 38.1. The lowest BCUT2D eigenvalue weighted by atomic mass is 9.96. The van der Waals surface area contributed by atoms with Gasteiger partial charge in [0.1, 0.15) is 34.8 Å². The minimum Gasteiger partial charge on any atom is -0.508 e. The van der Waals surface area contributed by atoms with Crippen LogP contribution < -0.4 is 9.64 Å². The summed E-state index contributed by atoms with van der Waals surface area (Å²) in [6.07, 6.45) is 12.9. The third kappa shape index (κ3) is 7.11. The van der Waals surface area contributed by atoms with E-state index in [1.165, 1.54) is 61.5 Å². The van der Waals surface area contributed by atoms with Crippen LogP contribution in [0.3, 0.4) is 0 Å². The molecule has 6 heterocycles. The molecule has 3 saturated heterocycles. The smallest absolute Gasteiger partial charge is 0.318 e. The Morgan fingerprint density at radius 3 is 2.69 bits per heavy atom. The molecule has 1 amide bonds. The summed E-state index contributed by atoms with van der Waals surface area (Å²) in [4.78, 5) is 35.3. The van der Waals surface area contributed by atoms with Crippen molar-refractivity contribution >= 4 is 39.5 Å². The molecule has 2 aromatic carbocycles. The number of pyridine rings is 2. The molecule has 3 atom stereocenters. The molecular weight excluding hydrogens is 702 g/mol. The summed E-state index contributed by atoms with van der Waals surface area (Å²) in [6, 6.07) is 10.4. The number of anilines is 1. The zero-order valence-corrected chi connectivity index (χ0v) is 29.6. The lowest BCUT2D eigenvalue weighted by Crippen LogP contribution is -2.37. The number of aromatic nitrogens is 4. The number of halogens is 4. The Morgan fingerprint density at radius 2 is 1.94 bits per heavy atom. The number of carbonyl (C=O) groups excluding carboxylic acids is 1. The maximum atomic E-state index is 16.4. The molecule has 1 N–H and O–H groups in total. The van der Waals surface area contributed by atoms with Gasteiger partial charge in [-0.15, -0.1) is 6.42 Å². The number of phenols is 1. The highest BCUT2D eigenvalue weighted by atomic mass is 19.1. The fourth-order valence-electron chi connectivity index (χ4n) is 7.57. The van der Waals surface area contributed by atoms with Crippen molar-refractivity contribution < 1.29 is 32.2 Å². The van der Waals surface area contributed by atoms with E-state index in [-0.39, 0.29) is 69.8 Å². The van der Waals surface area contributed by atoms with E-state index in [9.17, 15) is 23.1 Å². The first-order valence-electron chi connectivity index (χ1n) is 17.6. The lowest BCUT2D eigenvalue weighted by molar-refractivity contribution is -0.127. The van der Waals surface area contributed by atoms with Crippen LogP contribution >= 0.6 is 0 Å². The highest BCUT2D eigenvalue weighted by molar-refractivity contribution is 6.03. The van der Waals surface area contributed by atoms with Crippen LogP contribution in [-0.4, -0.2) is 99.3 Å². The number of fused-ring (bicyclic) bond motifs is 3. The van der Waals surface area contributed by atoms with Crippen LogP contribution in [0.25, 0.3) is 39.0 Å². The fourth-order valence-corrected chi connectivity index (χ4v) is 7.57. The summed E-state index contributed by atoms with van der Waals surface area (Å²) in [5.74, 6) is -0.854. The van der Waals surface area contributed by atoms with Crippen LogP contribution in [0.1, 0.15) is 36.9 Å². The number of amides is 1. The molecule has 8 rings (SSSR count). The minimum atomic E-state index is -0.933. The maximum absolute atomic E-state index is 16.4. The Balaban J connectivity index is 0.000000433. The number of alkyl halides is 1. The van der Waals surface area contributed by atoms with Gasteiger partial charge in [-0.2, -0.15) is 9.97 Å². The molecule has 14 heteroatoms. The number of nitrogens with zero attached hydrogens (tertiary/aromatic N) is 7. The number of likely N-dealkylation sites (N-methyl/N-ethyl adjacent to an activating group) is 1. The van der Waals surface area contributed by atoms with Gasteiger partial charge in [-0.3, -0.25) is 19.7 Å². The summed E-state index contributed by atoms with van der Waals surface area (Å²) in [7, 11) is 3.05. The number of methoxy groups -OCH3 is 1. The number of rotatable bonds is 6. The van der Waals surface area contributed by atoms with Crippen molar-refractivity contribution in [1.29, 1.82) is 0 Å². The molecule has 0 bridgehead atoms. The highest BCUT2D eigenvalue weighted by Gasteiger charge is 2.35. The van der Waals surface area contributed by atoms with Gasteiger partial charge < -0.3 is 19.6 Å². The molecule has 3 aromatic heterocycles. The fraction of sp³-hybridized carbons (Fsp3) is 0.325. The van der Waals surface area contributed by atoms with Gasteiger partial charge in [0.25, 0.3) is 5.91 Å². The topological polar surface area (TPSA) is 108 Å². The number of terminal acetylenes is 1. The number of benzene rings is 2. The summed E-state index contributed by atoms with van der Waals surface area (Å²) in [6.45, 7) is 2.32. The van der Waals surface area contributed by atoms with Crippen molar-refractivity contribution in [2.45, 2.75) is 43.9 Å². The number of hydrogen-bond acceptors (Lipinski definition) is 9. The molecule has 0 spiro atoms. The van der Waals surface area contributed by atoms with E-state index in [0.717, 1.165) is 19.0 Å². The normalized spacial score (nSPS) is 19.8. The van der Waals surface area contributed by atoms with Crippen LogP contribution in [0.2, 0.25) is 0 Å². The third-order valence-corrected chi connectivity index (χ3v) is 10.2. The Kier molecular flexibility index (Phi) is 10.3. The van der Waals surface area contributed by atoms with Gasteiger partial charge in [0.05, 0.1) is 23.8 Å². The average Bonchev–Trinajstić information content (AvgIpc) is 3.92. The molecule has 0 radical (unpaired) electrons. The van der Waals surface area contributed by atoms with E-state index < -0.39 is 29.5 Å². The number of phenolic OH excluding ortho intramolecular Hbond substituents is 1. The van der Waals surface area contributed by atoms with Crippen LogP contribution in [0.15, 0.2) is 60.7 Å². The molecule has 54 heavy (non-hydrogen) atoms. The first-order chi connectivity index (χ1) is 26.1. The molecule has 3 aliphatic heterocycles. The van der Waals surface area contributed by atoms with Crippen molar-refractivity contribution in [1.82, 2.24) is 29.7 Å². The number of aromatic hydroxyl groups is 1. The molecule has 10 nitrogen and oxygen atoms in total. The molecular formula is C40H37F4N7O3. The molecule has 0 saturated carbocycles. The largest absolute Gasteiger partial charge is 0.508 e. The van der Waals surface area contributed by atoms with E-state index in [1.54, 1.807) is 30.1 Å². The van der Waals surface area contributed by atoms with Gasteiger partial charge in [-0.1, -0.05) is 18.1 Å². The van der Waals surface area contributed by atoms with Gasteiger partial charge in [0.2, 0.25) is 0 Å². The number of ether oxygens (including phenoxy) is 1. The van der Waals surface area contributed by atoms with Crippen molar-refractivity contribution in [2.24, 2.45) is 0 Å². The van der Waals surface area contributed by atoms with Gasteiger partial charge in [-0.25, -0.2) is 17.6 Å². The third-order valence-electron chi connectivity index (χ3n) is 10.2. The van der Waals surface area contributed by atoms with Gasteiger partial charge in [0.15, 0.2) is 11.6 Å². The molecule has 278 valence electrons. The first-order valence-corrected chi connectivity index (χ1v) is 17.6. The van der Waals surface area contributed by atoms with Crippen LogP contribution in [0.5, 0.6) is 11.8 Å². The second-order valence-corrected chi connectivity index (χ2v) is 13.6. The zero-order valence-electron chi connectivity index (χ0n) is 29.6. The molecule has 3 fully saturated rings. The van der Waals surface area contributed by atoms with Gasteiger partial charge in [0, 0.05) is 68.2 Å². The first kappa shape index (κ1) is 36.5. The summed E-state index contributed by atoms with van der Waals surface area (Å²) < 4.78 is 63.7. The maximum Gasteiger partial charge on any atom is 0.318 e. The monoisotopic (exact) mass is 739 g/mol. The summed E-state index contributed by atoms with van der Waals surface area (Å²) >= 11 is 0. The van der Waals surface area contributed by atoms with Crippen molar-refractivity contribution in [2.75, 3.05) is 45.2 Å². The minimum absolute atomic E-state index is 0.0788. The average molecular weight is 740 g/mol. The SMILES string of the molecule is C#Cc1c(F)ccc2cc(O)cc(-c3ncc4c(N(C)[C@H]5CCN(C(=O)/C(F)=C/c6ccccn6)C5)nc(OC)nc4c3F)c12.FC1CC2CCCN2C1. The second kappa shape index (κ2) is 15.3. The standard InChI is InChI=1S/C33H25F3N6O3.C7H12FN/c1-4-22-25(34)9-8-18-13-21(43)15-23(27(18)22)29-28(36)30-24(16-38-29)31(40-33(39-30)45-3)41(2)20-10-12-42(17-20)32(44)26(35)14-19-7-5-6-11-37-19;8-6-4-7-2-1-3-9(7)5-6/h1,5-9,11,13-16,20,43H,10,12,17H2,2-3H3;6-7H,1-5H2/b26-14-;/t20-;/m0./s1. The van der Waals surface area contributed by atoms with Crippen molar-refractivity contribution in [3.05, 3.63) is 83.6 Å². The van der Waals surface area contributed by atoms with E-state index in [0.29, 0.717) is 30.1 Å². The molecule has 3 aliphatic rings. The highest BCUT2D eigenvalue weighted by Crippen LogP contribution is 2.39. The van der Waals surface area contributed by atoms with Gasteiger partial charge >= 0.3 is 6.01 Å². The summed E-state index contributed by atoms with van der Waals surface area (Å²) in [5, 5.41) is 11.2.